The smallest absolute Gasteiger partial charge is 0.330 e. The van der Waals surface area contributed by atoms with Gasteiger partial charge in [-0.15, -0.1) is 0 Å². The lowest BCUT2D eigenvalue weighted by Gasteiger charge is -2.00. The number of rotatable bonds is 2. The number of carbonyl (C=O) groups excluding carboxylic acids is 1. The van der Waals surface area contributed by atoms with E-state index in [1.54, 1.807) is 6.08 Å². The van der Waals surface area contributed by atoms with E-state index in [2.05, 4.69) is 20.7 Å². The number of ether oxygens (including phenoxy) is 1. The molecule has 0 spiro atoms. The second-order valence-electron chi connectivity index (χ2n) is 2.86. The molecule has 0 radical (unpaired) electrons. The van der Waals surface area contributed by atoms with Crippen LogP contribution in [0.15, 0.2) is 28.7 Å². The van der Waals surface area contributed by atoms with Crippen LogP contribution < -0.4 is 0 Å². The van der Waals surface area contributed by atoms with Crippen LogP contribution in [-0.4, -0.2) is 13.1 Å². The van der Waals surface area contributed by atoms with E-state index in [1.807, 2.05) is 25.1 Å². The summed E-state index contributed by atoms with van der Waals surface area (Å²) in [4.78, 5) is 10.9. The van der Waals surface area contributed by atoms with Gasteiger partial charge in [-0.05, 0) is 36.3 Å². The summed E-state index contributed by atoms with van der Waals surface area (Å²) in [5.74, 6) is -0.343. The molecule has 0 heterocycles. The molecule has 1 aromatic carbocycles. The van der Waals surface area contributed by atoms with E-state index in [4.69, 9.17) is 0 Å². The molecule has 0 aromatic heterocycles. The van der Waals surface area contributed by atoms with Gasteiger partial charge >= 0.3 is 5.97 Å². The summed E-state index contributed by atoms with van der Waals surface area (Å²) in [7, 11) is 1.36. The normalized spacial score (nSPS) is 10.5. The van der Waals surface area contributed by atoms with Crippen LogP contribution in [0.1, 0.15) is 11.1 Å². The van der Waals surface area contributed by atoms with Crippen molar-refractivity contribution in [3.05, 3.63) is 39.9 Å². The molecule has 0 saturated carbocycles. The number of hydrogen-bond acceptors (Lipinski definition) is 2. The van der Waals surface area contributed by atoms with Crippen LogP contribution in [0.5, 0.6) is 0 Å². The van der Waals surface area contributed by atoms with Gasteiger partial charge in [0.25, 0.3) is 0 Å². The van der Waals surface area contributed by atoms with Crippen LogP contribution in [0.2, 0.25) is 0 Å². The van der Waals surface area contributed by atoms with Gasteiger partial charge in [0.1, 0.15) is 0 Å². The fourth-order valence-corrected chi connectivity index (χ4v) is 1.40. The van der Waals surface area contributed by atoms with Gasteiger partial charge < -0.3 is 4.74 Å². The highest BCUT2D eigenvalue weighted by atomic mass is 79.9. The molecule has 0 aliphatic rings. The zero-order valence-electron chi connectivity index (χ0n) is 8.08. The van der Waals surface area contributed by atoms with Crippen molar-refractivity contribution in [1.29, 1.82) is 0 Å². The second-order valence-corrected chi connectivity index (χ2v) is 3.77. The Hall–Kier alpha value is -1.09. The maximum Gasteiger partial charge on any atom is 0.330 e. The third kappa shape index (κ3) is 3.00. The summed E-state index contributed by atoms with van der Waals surface area (Å²) in [5.41, 5.74) is 2.12. The van der Waals surface area contributed by atoms with E-state index < -0.39 is 0 Å². The molecule has 0 fully saturated rings. The first-order valence-electron chi connectivity index (χ1n) is 4.15. The van der Waals surface area contributed by atoms with Gasteiger partial charge in [0.2, 0.25) is 0 Å². The third-order valence-electron chi connectivity index (χ3n) is 1.84. The first-order valence-corrected chi connectivity index (χ1v) is 4.95. The Morgan fingerprint density at radius 2 is 2.21 bits per heavy atom. The molecule has 74 valence electrons. The standard InChI is InChI=1S/C11H11BrO2/c1-8-3-5-10(12)7-9(8)4-6-11(13)14-2/h3-7H,1-2H3. The number of aryl methyl sites for hydroxylation is 1. The molecule has 0 bridgehead atoms. The maximum atomic E-state index is 10.9. The fourth-order valence-electron chi connectivity index (χ4n) is 1.02. The van der Waals surface area contributed by atoms with E-state index in [1.165, 1.54) is 13.2 Å². The lowest BCUT2D eigenvalue weighted by atomic mass is 10.1. The highest BCUT2D eigenvalue weighted by molar-refractivity contribution is 9.10. The number of carbonyl (C=O) groups is 1. The minimum Gasteiger partial charge on any atom is -0.466 e. The summed E-state index contributed by atoms with van der Waals surface area (Å²) >= 11 is 3.37. The summed E-state index contributed by atoms with van der Waals surface area (Å²) in [6.45, 7) is 1.99. The Balaban J connectivity index is 2.90. The highest BCUT2D eigenvalue weighted by Gasteiger charge is 1.96. The molecule has 0 saturated heterocycles. The van der Waals surface area contributed by atoms with Gasteiger partial charge in [-0.1, -0.05) is 22.0 Å². The number of methoxy groups -OCH3 is 1. The molecule has 0 N–H and O–H groups in total. The molecule has 14 heavy (non-hydrogen) atoms. The van der Waals surface area contributed by atoms with Crippen LogP contribution in [0, 0.1) is 6.92 Å². The summed E-state index contributed by atoms with van der Waals surface area (Å²) in [6, 6.07) is 5.90. The molecule has 0 atom stereocenters. The van der Waals surface area contributed by atoms with Crippen LogP contribution in [0.25, 0.3) is 6.08 Å². The summed E-state index contributed by atoms with van der Waals surface area (Å²) < 4.78 is 5.50. The van der Waals surface area contributed by atoms with E-state index in [0.717, 1.165) is 15.6 Å². The molecule has 3 heteroatoms. The predicted molar refractivity (Wildman–Crippen MR) is 59.9 cm³/mol. The Labute approximate surface area is 91.7 Å². The van der Waals surface area contributed by atoms with Gasteiger partial charge in [-0.2, -0.15) is 0 Å². The number of benzene rings is 1. The van der Waals surface area contributed by atoms with Crippen LogP contribution in [-0.2, 0) is 9.53 Å². The van der Waals surface area contributed by atoms with Crippen LogP contribution >= 0.6 is 15.9 Å². The third-order valence-corrected chi connectivity index (χ3v) is 2.33. The lowest BCUT2D eigenvalue weighted by molar-refractivity contribution is -0.134. The van der Waals surface area contributed by atoms with E-state index in [-0.39, 0.29) is 5.97 Å². The summed E-state index contributed by atoms with van der Waals surface area (Å²) in [5, 5.41) is 0. The van der Waals surface area contributed by atoms with E-state index >= 15 is 0 Å². The minimum atomic E-state index is -0.343. The zero-order valence-corrected chi connectivity index (χ0v) is 9.67. The SMILES string of the molecule is COC(=O)C=Cc1cc(Br)ccc1C. The molecule has 0 unspecified atom stereocenters. The average Bonchev–Trinajstić information content (AvgIpc) is 2.19. The second kappa shape index (κ2) is 4.96. The van der Waals surface area contributed by atoms with Gasteiger partial charge in [-0.25, -0.2) is 4.79 Å². The highest BCUT2D eigenvalue weighted by Crippen LogP contribution is 2.17. The molecule has 2 nitrogen and oxygen atoms in total. The van der Waals surface area contributed by atoms with Crippen molar-refractivity contribution in [2.75, 3.05) is 7.11 Å². The molecular weight excluding hydrogens is 244 g/mol. The van der Waals surface area contributed by atoms with Gasteiger partial charge in [0, 0.05) is 10.5 Å². The first-order chi connectivity index (χ1) is 6.63. The van der Waals surface area contributed by atoms with Crippen molar-refractivity contribution < 1.29 is 9.53 Å². The largest absolute Gasteiger partial charge is 0.466 e. The van der Waals surface area contributed by atoms with Gasteiger partial charge in [-0.3, -0.25) is 0 Å². The van der Waals surface area contributed by atoms with Crippen molar-refractivity contribution in [3.63, 3.8) is 0 Å². The van der Waals surface area contributed by atoms with Crippen molar-refractivity contribution in [3.8, 4) is 0 Å². The van der Waals surface area contributed by atoms with Crippen LogP contribution in [0.4, 0.5) is 0 Å². The molecule has 1 aromatic rings. The Morgan fingerprint density at radius 1 is 1.50 bits per heavy atom. The average molecular weight is 255 g/mol. The van der Waals surface area contributed by atoms with Crippen molar-refractivity contribution in [2.45, 2.75) is 6.92 Å². The maximum absolute atomic E-state index is 10.9. The monoisotopic (exact) mass is 254 g/mol. The van der Waals surface area contributed by atoms with Gasteiger partial charge in [0.05, 0.1) is 7.11 Å². The number of esters is 1. The Morgan fingerprint density at radius 3 is 2.86 bits per heavy atom. The molecule has 0 amide bonds. The lowest BCUT2D eigenvalue weighted by Crippen LogP contribution is -1.93. The Kier molecular flexibility index (Phi) is 3.89. The van der Waals surface area contributed by atoms with Gasteiger partial charge in [0.15, 0.2) is 0 Å². The number of hydrogen-bond donors (Lipinski definition) is 0. The van der Waals surface area contributed by atoms with Crippen molar-refractivity contribution >= 4 is 28.0 Å². The number of halogens is 1. The molecule has 1 rings (SSSR count). The predicted octanol–water partition coefficient (Wildman–Crippen LogP) is 2.94. The van der Waals surface area contributed by atoms with E-state index in [9.17, 15) is 4.79 Å². The molecule has 0 aliphatic heterocycles. The Bertz CT molecular complexity index is 370. The zero-order chi connectivity index (χ0) is 10.6. The molecular formula is C11H11BrO2. The molecule has 0 aliphatic carbocycles. The first kappa shape index (κ1) is 11.0. The van der Waals surface area contributed by atoms with Crippen molar-refractivity contribution in [2.24, 2.45) is 0 Å². The quantitative estimate of drug-likeness (QED) is 0.600. The minimum absolute atomic E-state index is 0.343. The van der Waals surface area contributed by atoms with E-state index in [0.29, 0.717) is 0 Å². The van der Waals surface area contributed by atoms with Crippen LogP contribution in [0.3, 0.4) is 0 Å². The topological polar surface area (TPSA) is 26.3 Å². The van der Waals surface area contributed by atoms with Crippen molar-refractivity contribution in [1.82, 2.24) is 0 Å². The summed E-state index contributed by atoms with van der Waals surface area (Å²) in [6.07, 6.45) is 3.15. The fraction of sp³-hybridized carbons (Fsp3) is 0.182.